The highest BCUT2D eigenvalue weighted by molar-refractivity contribution is 6.31. The fourth-order valence-electron chi connectivity index (χ4n) is 4.43. The summed E-state index contributed by atoms with van der Waals surface area (Å²) in [5, 5.41) is 0.794. The van der Waals surface area contributed by atoms with E-state index in [1.54, 1.807) is 0 Å². The van der Waals surface area contributed by atoms with Crippen LogP contribution in [0.2, 0.25) is 5.02 Å². The third kappa shape index (κ3) is 4.34. The van der Waals surface area contributed by atoms with Gasteiger partial charge in [-0.1, -0.05) is 23.7 Å². The number of hydrogen-bond donors (Lipinski definition) is 0. The molecule has 7 heteroatoms. The minimum Gasteiger partial charge on any atom is -0.379 e. The van der Waals surface area contributed by atoms with Gasteiger partial charge in [0.1, 0.15) is 0 Å². The van der Waals surface area contributed by atoms with E-state index < -0.39 is 0 Å². The quantitative estimate of drug-likeness (QED) is 0.766. The molecule has 3 aliphatic heterocycles. The summed E-state index contributed by atoms with van der Waals surface area (Å²) in [5.41, 5.74) is 2.31. The number of halogens is 1. The van der Waals surface area contributed by atoms with Gasteiger partial charge in [-0.2, -0.15) is 0 Å². The number of ether oxygens (including phenoxy) is 1. The van der Waals surface area contributed by atoms with E-state index in [0.717, 1.165) is 49.9 Å². The van der Waals surface area contributed by atoms with Crippen molar-refractivity contribution in [2.45, 2.75) is 25.8 Å². The predicted molar refractivity (Wildman–Crippen MR) is 107 cm³/mol. The van der Waals surface area contributed by atoms with Gasteiger partial charge in [0.25, 0.3) is 0 Å². The van der Waals surface area contributed by atoms with E-state index in [-0.39, 0.29) is 17.7 Å². The van der Waals surface area contributed by atoms with Crippen molar-refractivity contribution in [2.24, 2.45) is 5.92 Å². The summed E-state index contributed by atoms with van der Waals surface area (Å²) in [6, 6.07) is 5.92. The van der Waals surface area contributed by atoms with Crippen molar-refractivity contribution in [3.63, 3.8) is 0 Å². The molecule has 2 fully saturated rings. The molecule has 2 saturated heterocycles. The first kappa shape index (κ1) is 19.7. The zero-order chi connectivity index (χ0) is 19.5. The molecule has 152 valence electrons. The fourth-order valence-corrected chi connectivity index (χ4v) is 4.72. The topological polar surface area (TPSA) is 53.1 Å². The summed E-state index contributed by atoms with van der Waals surface area (Å²) < 4.78 is 5.38. The monoisotopic (exact) mass is 405 g/mol. The summed E-state index contributed by atoms with van der Waals surface area (Å²) in [4.78, 5) is 31.6. The number of rotatable bonds is 4. The molecule has 3 aliphatic rings. The van der Waals surface area contributed by atoms with E-state index in [1.165, 1.54) is 5.56 Å². The Morgan fingerprint density at radius 3 is 2.79 bits per heavy atom. The zero-order valence-electron chi connectivity index (χ0n) is 16.2. The van der Waals surface area contributed by atoms with Crippen molar-refractivity contribution in [1.29, 1.82) is 0 Å². The minimum atomic E-state index is -0.0943. The lowest BCUT2D eigenvalue weighted by Gasteiger charge is -2.37. The molecule has 3 heterocycles. The maximum atomic E-state index is 13.1. The average molecular weight is 406 g/mol. The second-order valence-electron chi connectivity index (χ2n) is 7.92. The lowest BCUT2D eigenvalue weighted by atomic mass is 9.93. The summed E-state index contributed by atoms with van der Waals surface area (Å²) in [7, 11) is 0. The summed E-state index contributed by atoms with van der Waals surface area (Å²) in [6.07, 6.45) is 1.92. The molecular formula is C21H28ClN3O3. The number of benzene rings is 1. The van der Waals surface area contributed by atoms with Gasteiger partial charge in [-0.05, 0) is 30.0 Å². The highest BCUT2D eigenvalue weighted by Gasteiger charge is 2.34. The molecule has 0 aromatic heterocycles. The van der Waals surface area contributed by atoms with Gasteiger partial charge in [-0.15, -0.1) is 0 Å². The van der Waals surface area contributed by atoms with Gasteiger partial charge in [0.2, 0.25) is 11.8 Å². The summed E-state index contributed by atoms with van der Waals surface area (Å²) in [6.45, 7) is 6.76. The Kier molecular flexibility index (Phi) is 6.19. The minimum absolute atomic E-state index is 0.0943. The van der Waals surface area contributed by atoms with Gasteiger partial charge in [0, 0.05) is 57.3 Å². The highest BCUT2D eigenvalue weighted by Crippen LogP contribution is 2.28. The van der Waals surface area contributed by atoms with Crippen molar-refractivity contribution in [1.82, 2.24) is 14.7 Å². The lowest BCUT2D eigenvalue weighted by Crippen LogP contribution is -2.50. The summed E-state index contributed by atoms with van der Waals surface area (Å²) in [5.74, 6) is 0.255. The van der Waals surface area contributed by atoms with Crippen LogP contribution in [0.25, 0.3) is 0 Å². The molecule has 4 rings (SSSR count). The van der Waals surface area contributed by atoms with E-state index in [9.17, 15) is 9.59 Å². The number of carbonyl (C=O) groups is 2. The Morgan fingerprint density at radius 1 is 1.14 bits per heavy atom. The van der Waals surface area contributed by atoms with Crippen molar-refractivity contribution >= 4 is 23.4 Å². The van der Waals surface area contributed by atoms with Crippen LogP contribution in [0.5, 0.6) is 0 Å². The molecule has 0 spiro atoms. The Balaban J connectivity index is 1.34. The maximum Gasteiger partial charge on any atom is 0.227 e. The Hall–Kier alpha value is -1.63. The maximum absolute atomic E-state index is 13.1. The molecule has 0 saturated carbocycles. The van der Waals surface area contributed by atoms with Crippen LogP contribution in [0.1, 0.15) is 24.0 Å². The van der Waals surface area contributed by atoms with Gasteiger partial charge in [0.15, 0.2) is 0 Å². The van der Waals surface area contributed by atoms with Crippen LogP contribution in [0, 0.1) is 5.92 Å². The van der Waals surface area contributed by atoms with Crippen molar-refractivity contribution < 1.29 is 14.3 Å². The number of piperidine rings is 1. The largest absolute Gasteiger partial charge is 0.379 e. The number of morpholine rings is 1. The van der Waals surface area contributed by atoms with Crippen LogP contribution < -0.4 is 0 Å². The smallest absolute Gasteiger partial charge is 0.227 e. The SMILES string of the molecule is O=C1CC[C@@H](C(=O)N2CCc3c(Cl)cccc3C2)CN1CCN1CCOCC1. The van der Waals surface area contributed by atoms with Crippen LogP contribution in [0.15, 0.2) is 18.2 Å². The molecule has 0 radical (unpaired) electrons. The zero-order valence-corrected chi connectivity index (χ0v) is 17.0. The van der Waals surface area contributed by atoms with E-state index >= 15 is 0 Å². The Morgan fingerprint density at radius 2 is 1.96 bits per heavy atom. The molecule has 0 bridgehead atoms. The number of hydrogen-bond acceptors (Lipinski definition) is 4. The number of likely N-dealkylation sites (tertiary alicyclic amines) is 1. The average Bonchev–Trinajstić information content (AvgIpc) is 2.73. The number of fused-ring (bicyclic) bond motifs is 1. The van der Waals surface area contributed by atoms with Crippen LogP contribution >= 0.6 is 11.6 Å². The third-order valence-electron chi connectivity index (χ3n) is 6.16. The number of nitrogens with zero attached hydrogens (tertiary/aromatic N) is 3. The molecular weight excluding hydrogens is 378 g/mol. The van der Waals surface area contributed by atoms with Crippen LogP contribution in [-0.4, -0.2) is 79.0 Å². The van der Waals surface area contributed by atoms with Crippen LogP contribution in [0.3, 0.4) is 0 Å². The predicted octanol–water partition coefficient (Wildman–Crippen LogP) is 1.80. The van der Waals surface area contributed by atoms with E-state index in [4.69, 9.17) is 16.3 Å². The van der Waals surface area contributed by atoms with Crippen molar-refractivity contribution in [3.05, 3.63) is 34.3 Å². The van der Waals surface area contributed by atoms with Crippen molar-refractivity contribution in [2.75, 3.05) is 52.5 Å². The number of carbonyl (C=O) groups excluding carboxylic acids is 2. The van der Waals surface area contributed by atoms with E-state index in [2.05, 4.69) is 11.0 Å². The number of amides is 2. The molecule has 0 unspecified atom stereocenters. The Labute approximate surface area is 171 Å². The summed E-state index contributed by atoms with van der Waals surface area (Å²) >= 11 is 6.29. The van der Waals surface area contributed by atoms with Gasteiger partial charge >= 0.3 is 0 Å². The Bertz CT molecular complexity index is 736. The van der Waals surface area contributed by atoms with Crippen LogP contribution in [-0.2, 0) is 27.3 Å². The second kappa shape index (κ2) is 8.80. The molecule has 0 aliphatic carbocycles. The normalized spacial score (nSPS) is 23.6. The van der Waals surface area contributed by atoms with E-state index in [1.807, 2.05) is 21.9 Å². The molecule has 6 nitrogen and oxygen atoms in total. The van der Waals surface area contributed by atoms with Crippen LogP contribution in [0.4, 0.5) is 0 Å². The highest BCUT2D eigenvalue weighted by atomic mass is 35.5. The van der Waals surface area contributed by atoms with E-state index in [0.29, 0.717) is 39.0 Å². The molecule has 2 amide bonds. The third-order valence-corrected chi connectivity index (χ3v) is 6.51. The van der Waals surface area contributed by atoms with Gasteiger partial charge in [-0.3, -0.25) is 14.5 Å². The molecule has 28 heavy (non-hydrogen) atoms. The molecule has 1 aromatic carbocycles. The van der Waals surface area contributed by atoms with Gasteiger partial charge in [-0.25, -0.2) is 0 Å². The first-order valence-electron chi connectivity index (χ1n) is 10.2. The van der Waals surface area contributed by atoms with Gasteiger partial charge in [0.05, 0.1) is 19.1 Å². The first-order chi connectivity index (χ1) is 13.6. The molecule has 1 atom stereocenters. The fraction of sp³-hybridized carbons (Fsp3) is 0.619. The second-order valence-corrected chi connectivity index (χ2v) is 8.32. The first-order valence-corrected chi connectivity index (χ1v) is 10.6. The van der Waals surface area contributed by atoms with Gasteiger partial charge < -0.3 is 14.5 Å². The standard InChI is InChI=1S/C21H28ClN3O3/c22-19-3-1-2-16-14-25(7-6-18(16)19)21(27)17-4-5-20(26)24(15-17)9-8-23-10-12-28-13-11-23/h1-3,17H,4-15H2/t17-/m1/s1. The molecule has 0 N–H and O–H groups in total. The molecule has 1 aromatic rings. The van der Waals surface area contributed by atoms with Crippen molar-refractivity contribution in [3.8, 4) is 0 Å². The lowest BCUT2D eigenvalue weighted by molar-refractivity contribution is -0.143.